The van der Waals surface area contributed by atoms with E-state index in [2.05, 4.69) is 5.32 Å². The molecule has 0 saturated carbocycles. The molecule has 0 heterocycles. The molecule has 1 N–H and O–H groups in total. The van der Waals surface area contributed by atoms with Gasteiger partial charge >= 0.3 is 0 Å². The van der Waals surface area contributed by atoms with Crippen LogP contribution in [0.1, 0.15) is 12.5 Å². The summed E-state index contributed by atoms with van der Waals surface area (Å²) in [5, 5.41) is 13.8. The first kappa shape index (κ1) is 11.5. The van der Waals surface area contributed by atoms with Crippen molar-refractivity contribution in [3.63, 3.8) is 0 Å². The standard InChI is InChI=1S/C10H14N2O3/c1-3-11-7-8-4-5-9(15-2)6-10(8)12(13)14/h4-6,11H,3,7H2,1-2H3. The zero-order valence-electron chi connectivity index (χ0n) is 8.82. The molecule has 0 aliphatic rings. The topological polar surface area (TPSA) is 64.4 Å². The van der Waals surface area contributed by atoms with Gasteiger partial charge in [-0.05, 0) is 18.7 Å². The van der Waals surface area contributed by atoms with Gasteiger partial charge in [-0.15, -0.1) is 0 Å². The molecule has 0 amide bonds. The van der Waals surface area contributed by atoms with Crippen LogP contribution < -0.4 is 10.1 Å². The van der Waals surface area contributed by atoms with E-state index in [0.717, 1.165) is 6.54 Å². The Morgan fingerprint density at radius 2 is 2.27 bits per heavy atom. The van der Waals surface area contributed by atoms with Gasteiger partial charge < -0.3 is 10.1 Å². The van der Waals surface area contributed by atoms with Crippen molar-refractivity contribution < 1.29 is 9.66 Å². The number of nitro groups is 1. The normalized spacial score (nSPS) is 10.0. The largest absolute Gasteiger partial charge is 0.497 e. The molecule has 0 radical (unpaired) electrons. The number of nitrogens with one attached hydrogen (secondary N) is 1. The van der Waals surface area contributed by atoms with E-state index in [9.17, 15) is 10.1 Å². The molecule has 0 aliphatic heterocycles. The van der Waals surface area contributed by atoms with Crippen LogP contribution in [0.5, 0.6) is 5.75 Å². The Balaban J connectivity index is 2.98. The number of methoxy groups -OCH3 is 1. The highest BCUT2D eigenvalue weighted by molar-refractivity contribution is 5.45. The van der Waals surface area contributed by atoms with Gasteiger partial charge in [0.2, 0.25) is 0 Å². The van der Waals surface area contributed by atoms with Crippen molar-refractivity contribution in [1.29, 1.82) is 0 Å². The lowest BCUT2D eigenvalue weighted by molar-refractivity contribution is -0.385. The predicted molar refractivity (Wildman–Crippen MR) is 57.0 cm³/mol. The maximum atomic E-state index is 10.8. The maximum absolute atomic E-state index is 10.8. The summed E-state index contributed by atoms with van der Waals surface area (Å²) in [6.45, 7) is 3.23. The first-order valence-electron chi connectivity index (χ1n) is 4.71. The van der Waals surface area contributed by atoms with Gasteiger partial charge in [-0.3, -0.25) is 10.1 Å². The molecule has 82 valence electrons. The van der Waals surface area contributed by atoms with E-state index in [1.54, 1.807) is 12.1 Å². The highest BCUT2D eigenvalue weighted by Gasteiger charge is 2.14. The third-order valence-electron chi connectivity index (χ3n) is 2.05. The molecule has 5 nitrogen and oxygen atoms in total. The molecule has 0 bridgehead atoms. The van der Waals surface area contributed by atoms with E-state index < -0.39 is 4.92 Å². The second-order valence-electron chi connectivity index (χ2n) is 3.03. The number of benzene rings is 1. The number of hydrogen-bond donors (Lipinski definition) is 1. The SMILES string of the molecule is CCNCc1ccc(OC)cc1[N+](=O)[O-]. The molecule has 0 saturated heterocycles. The highest BCUT2D eigenvalue weighted by atomic mass is 16.6. The number of ether oxygens (including phenoxy) is 1. The van der Waals surface area contributed by atoms with E-state index in [1.807, 2.05) is 6.92 Å². The Labute approximate surface area is 88.2 Å². The second kappa shape index (κ2) is 5.31. The summed E-state index contributed by atoms with van der Waals surface area (Å²) in [6, 6.07) is 4.87. The molecule has 0 spiro atoms. The quantitative estimate of drug-likeness (QED) is 0.593. The molecule has 1 aromatic carbocycles. The van der Waals surface area contributed by atoms with Crippen molar-refractivity contribution in [3.8, 4) is 5.75 Å². The Morgan fingerprint density at radius 3 is 2.80 bits per heavy atom. The third kappa shape index (κ3) is 2.92. The van der Waals surface area contributed by atoms with E-state index in [-0.39, 0.29) is 5.69 Å². The fraction of sp³-hybridized carbons (Fsp3) is 0.400. The van der Waals surface area contributed by atoms with Gasteiger partial charge in [0.05, 0.1) is 18.1 Å². The van der Waals surface area contributed by atoms with Crippen molar-refractivity contribution >= 4 is 5.69 Å². The van der Waals surface area contributed by atoms with Gasteiger partial charge in [-0.2, -0.15) is 0 Å². The lowest BCUT2D eigenvalue weighted by Crippen LogP contribution is -2.13. The number of nitro benzene ring substituents is 1. The van der Waals surface area contributed by atoms with E-state index in [1.165, 1.54) is 13.2 Å². The van der Waals surface area contributed by atoms with Crippen molar-refractivity contribution in [2.24, 2.45) is 0 Å². The van der Waals surface area contributed by atoms with Crippen LogP contribution in [0.25, 0.3) is 0 Å². The monoisotopic (exact) mass is 210 g/mol. The zero-order valence-corrected chi connectivity index (χ0v) is 8.82. The third-order valence-corrected chi connectivity index (χ3v) is 2.05. The van der Waals surface area contributed by atoms with Gasteiger partial charge in [-0.1, -0.05) is 6.92 Å². The molecule has 0 atom stereocenters. The van der Waals surface area contributed by atoms with Crippen molar-refractivity contribution in [3.05, 3.63) is 33.9 Å². The smallest absolute Gasteiger partial charge is 0.277 e. The molecule has 0 unspecified atom stereocenters. The fourth-order valence-corrected chi connectivity index (χ4v) is 1.25. The highest BCUT2D eigenvalue weighted by Crippen LogP contribution is 2.24. The van der Waals surface area contributed by atoms with Gasteiger partial charge in [0.25, 0.3) is 5.69 Å². The van der Waals surface area contributed by atoms with Crippen LogP contribution in [-0.4, -0.2) is 18.6 Å². The second-order valence-corrected chi connectivity index (χ2v) is 3.03. The van der Waals surface area contributed by atoms with E-state index in [0.29, 0.717) is 17.9 Å². The van der Waals surface area contributed by atoms with Crippen LogP contribution in [-0.2, 0) is 6.54 Å². The fourth-order valence-electron chi connectivity index (χ4n) is 1.25. The van der Waals surface area contributed by atoms with Gasteiger partial charge in [0.1, 0.15) is 5.75 Å². The lowest BCUT2D eigenvalue weighted by atomic mass is 10.1. The molecule has 1 rings (SSSR count). The van der Waals surface area contributed by atoms with Crippen LogP contribution >= 0.6 is 0 Å². The Hall–Kier alpha value is -1.62. The Bertz CT molecular complexity index is 353. The summed E-state index contributed by atoms with van der Waals surface area (Å²) in [4.78, 5) is 10.4. The van der Waals surface area contributed by atoms with E-state index >= 15 is 0 Å². The molecule has 0 aromatic heterocycles. The van der Waals surface area contributed by atoms with Crippen LogP contribution in [0, 0.1) is 10.1 Å². The van der Waals surface area contributed by atoms with Crippen LogP contribution in [0.2, 0.25) is 0 Å². The summed E-state index contributed by atoms with van der Waals surface area (Å²) in [5.41, 5.74) is 0.762. The summed E-state index contributed by atoms with van der Waals surface area (Å²) < 4.78 is 4.94. The van der Waals surface area contributed by atoms with Crippen molar-refractivity contribution in [2.75, 3.05) is 13.7 Å². The first-order valence-corrected chi connectivity index (χ1v) is 4.71. The van der Waals surface area contributed by atoms with E-state index in [4.69, 9.17) is 4.74 Å². The van der Waals surface area contributed by atoms with Crippen LogP contribution in [0.15, 0.2) is 18.2 Å². The van der Waals surface area contributed by atoms with Gasteiger partial charge in [0, 0.05) is 12.1 Å². The minimum atomic E-state index is -0.394. The minimum Gasteiger partial charge on any atom is -0.497 e. The van der Waals surface area contributed by atoms with Gasteiger partial charge in [0.15, 0.2) is 0 Å². The van der Waals surface area contributed by atoms with Gasteiger partial charge in [-0.25, -0.2) is 0 Å². The molecule has 0 fully saturated rings. The average molecular weight is 210 g/mol. The average Bonchev–Trinajstić information content (AvgIpc) is 2.26. The predicted octanol–water partition coefficient (Wildman–Crippen LogP) is 1.71. The first-order chi connectivity index (χ1) is 7.19. The summed E-state index contributed by atoms with van der Waals surface area (Å²) in [6.07, 6.45) is 0. The minimum absolute atomic E-state index is 0.0929. The Morgan fingerprint density at radius 1 is 1.53 bits per heavy atom. The number of rotatable bonds is 5. The summed E-state index contributed by atoms with van der Waals surface area (Å²) >= 11 is 0. The number of hydrogen-bond acceptors (Lipinski definition) is 4. The molecular formula is C10H14N2O3. The maximum Gasteiger partial charge on any atom is 0.277 e. The molecular weight excluding hydrogens is 196 g/mol. The van der Waals surface area contributed by atoms with Crippen LogP contribution in [0.3, 0.4) is 0 Å². The molecule has 15 heavy (non-hydrogen) atoms. The summed E-state index contributed by atoms with van der Waals surface area (Å²) in [5.74, 6) is 0.502. The van der Waals surface area contributed by atoms with Crippen molar-refractivity contribution in [1.82, 2.24) is 5.32 Å². The Kier molecular flexibility index (Phi) is 4.05. The van der Waals surface area contributed by atoms with Crippen molar-refractivity contribution in [2.45, 2.75) is 13.5 Å². The molecule has 0 aliphatic carbocycles. The zero-order chi connectivity index (χ0) is 11.3. The van der Waals surface area contributed by atoms with Crippen LogP contribution in [0.4, 0.5) is 5.69 Å². The lowest BCUT2D eigenvalue weighted by Gasteiger charge is -2.05. The molecule has 1 aromatic rings. The molecule has 5 heteroatoms. The number of nitrogens with zero attached hydrogens (tertiary/aromatic N) is 1. The summed E-state index contributed by atoms with van der Waals surface area (Å²) in [7, 11) is 1.49.